The van der Waals surface area contributed by atoms with Crippen molar-refractivity contribution in [2.75, 3.05) is 6.61 Å². The van der Waals surface area contributed by atoms with Crippen molar-refractivity contribution in [3.8, 4) is 10.6 Å². The number of rotatable bonds is 4. The summed E-state index contributed by atoms with van der Waals surface area (Å²) < 4.78 is 44.0. The number of hydrogen-bond donors (Lipinski definition) is 1. The molecule has 0 radical (unpaired) electrons. The lowest BCUT2D eigenvalue weighted by Gasteiger charge is -2.19. The number of halogens is 3. The van der Waals surface area contributed by atoms with Gasteiger partial charge in [0.25, 0.3) is 5.91 Å². The molecular weight excluding hydrogens is 353 g/mol. The van der Waals surface area contributed by atoms with Gasteiger partial charge in [0.1, 0.15) is 10.7 Å². The van der Waals surface area contributed by atoms with Crippen molar-refractivity contribution < 1.29 is 22.7 Å². The maximum atomic E-state index is 12.8. The number of thiazole rings is 1. The third-order valence-corrected chi connectivity index (χ3v) is 4.95. The van der Waals surface area contributed by atoms with Crippen LogP contribution in [0, 0.1) is 0 Å². The molecule has 1 aromatic carbocycles. The molecule has 134 valence electrons. The number of amides is 1. The summed E-state index contributed by atoms with van der Waals surface area (Å²) in [6, 6.07) is 4.78. The number of hydrogen-bond acceptors (Lipinski definition) is 4. The van der Waals surface area contributed by atoms with Crippen LogP contribution in [0.3, 0.4) is 0 Å². The standard InChI is InChI=1S/C17H17F3N2O2S/c1-10(14-6-3-7-24-14)21-15(23)13-9-25-16(22-13)11-4-2-5-12(8-11)17(18,19)20/h2,4-5,8-10,14H,3,6-7H2,1H3,(H,21,23). The van der Waals surface area contributed by atoms with E-state index in [9.17, 15) is 18.0 Å². The SMILES string of the molecule is CC(NC(=O)c1csc(-c2cccc(C(F)(F)F)c2)n1)C1CCCO1. The van der Waals surface area contributed by atoms with Crippen molar-refractivity contribution in [3.63, 3.8) is 0 Å². The Morgan fingerprint density at radius 3 is 2.92 bits per heavy atom. The zero-order valence-electron chi connectivity index (χ0n) is 13.5. The van der Waals surface area contributed by atoms with Crippen molar-refractivity contribution in [1.82, 2.24) is 10.3 Å². The van der Waals surface area contributed by atoms with E-state index in [4.69, 9.17) is 4.74 Å². The molecule has 8 heteroatoms. The Kier molecular flexibility index (Phi) is 5.10. The molecule has 25 heavy (non-hydrogen) atoms. The Morgan fingerprint density at radius 2 is 2.24 bits per heavy atom. The van der Waals surface area contributed by atoms with E-state index in [1.54, 1.807) is 11.4 Å². The van der Waals surface area contributed by atoms with Crippen LogP contribution in [0.2, 0.25) is 0 Å². The highest BCUT2D eigenvalue weighted by Crippen LogP contribution is 2.33. The van der Waals surface area contributed by atoms with Gasteiger partial charge in [-0.3, -0.25) is 4.79 Å². The molecule has 2 unspecified atom stereocenters. The van der Waals surface area contributed by atoms with Gasteiger partial charge in [-0.2, -0.15) is 13.2 Å². The molecule has 2 atom stereocenters. The van der Waals surface area contributed by atoms with Crippen molar-refractivity contribution in [3.05, 3.63) is 40.9 Å². The van der Waals surface area contributed by atoms with Gasteiger partial charge in [0.2, 0.25) is 0 Å². The number of alkyl halides is 3. The largest absolute Gasteiger partial charge is 0.416 e. The first kappa shape index (κ1) is 17.9. The molecule has 1 fully saturated rings. The van der Waals surface area contributed by atoms with Crippen LogP contribution in [0.4, 0.5) is 13.2 Å². The Balaban J connectivity index is 1.72. The summed E-state index contributed by atoms with van der Waals surface area (Å²) in [6.45, 7) is 2.56. The number of benzene rings is 1. The van der Waals surface area contributed by atoms with Gasteiger partial charge >= 0.3 is 6.18 Å². The zero-order chi connectivity index (χ0) is 18.0. The van der Waals surface area contributed by atoms with Gasteiger partial charge in [-0.25, -0.2) is 4.98 Å². The van der Waals surface area contributed by atoms with Crippen LogP contribution in [0.5, 0.6) is 0 Å². The molecule has 1 saturated heterocycles. The van der Waals surface area contributed by atoms with E-state index in [0.717, 1.165) is 36.3 Å². The Hall–Kier alpha value is -1.93. The molecule has 1 aliphatic rings. The molecule has 1 amide bonds. The van der Waals surface area contributed by atoms with E-state index in [1.807, 2.05) is 6.92 Å². The van der Waals surface area contributed by atoms with Crippen molar-refractivity contribution >= 4 is 17.2 Å². The molecule has 3 rings (SSSR count). The minimum Gasteiger partial charge on any atom is -0.376 e. The van der Waals surface area contributed by atoms with Gasteiger partial charge in [-0.15, -0.1) is 11.3 Å². The number of carbonyl (C=O) groups is 1. The third-order valence-electron chi connectivity index (χ3n) is 4.06. The molecule has 0 spiro atoms. The van der Waals surface area contributed by atoms with Gasteiger partial charge in [0, 0.05) is 17.6 Å². The fraction of sp³-hybridized carbons (Fsp3) is 0.412. The van der Waals surface area contributed by atoms with Gasteiger partial charge < -0.3 is 10.1 Å². The summed E-state index contributed by atoms with van der Waals surface area (Å²) in [4.78, 5) is 16.5. The minimum atomic E-state index is -4.41. The summed E-state index contributed by atoms with van der Waals surface area (Å²) in [5, 5.41) is 4.76. The zero-order valence-corrected chi connectivity index (χ0v) is 14.3. The average Bonchev–Trinajstić information content (AvgIpc) is 3.26. The quantitative estimate of drug-likeness (QED) is 0.881. The van der Waals surface area contributed by atoms with E-state index >= 15 is 0 Å². The highest BCUT2D eigenvalue weighted by molar-refractivity contribution is 7.13. The lowest BCUT2D eigenvalue weighted by molar-refractivity contribution is -0.137. The number of ether oxygens (including phenoxy) is 1. The predicted octanol–water partition coefficient (Wildman–Crippen LogP) is 4.13. The van der Waals surface area contributed by atoms with Crippen LogP contribution in [-0.4, -0.2) is 29.6 Å². The first-order valence-corrected chi connectivity index (χ1v) is 8.78. The maximum absolute atomic E-state index is 12.8. The first-order valence-electron chi connectivity index (χ1n) is 7.90. The van der Waals surface area contributed by atoms with Crippen LogP contribution in [0.1, 0.15) is 35.8 Å². The molecule has 1 aliphatic heterocycles. The summed E-state index contributed by atoms with van der Waals surface area (Å²) in [7, 11) is 0. The van der Waals surface area contributed by atoms with E-state index < -0.39 is 11.7 Å². The van der Waals surface area contributed by atoms with Gasteiger partial charge in [-0.05, 0) is 31.9 Å². The van der Waals surface area contributed by atoms with Crippen molar-refractivity contribution in [2.45, 2.75) is 38.1 Å². The van der Waals surface area contributed by atoms with Crippen LogP contribution >= 0.6 is 11.3 Å². The van der Waals surface area contributed by atoms with Crippen LogP contribution in [0.15, 0.2) is 29.6 Å². The lowest BCUT2D eigenvalue weighted by Crippen LogP contribution is -2.40. The summed E-state index contributed by atoms with van der Waals surface area (Å²) in [6.07, 6.45) is -2.55. The molecular formula is C17H17F3N2O2S. The van der Waals surface area contributed by atoms with E-state index in [2.05, 4.69) is 10.3 Å². The average molecular weight is 370 g/mol. The van der Waals surface area contributed by atoms with Gasteiger partial charge in [0.15, 0.2) is 0 Å². The molecule has 2 aromatic rings. The van der Waals surface area contributed by atoms with Crippen LogP contribution < -0.4 is 5.32 Å². The molecule has 1 N–H and O–H groups in total. The van der Waals surface area contributed by atoms with Crippen LogP contribution in [-0.2, 0) is 10.9 Å². The summed E-state index contributed by atoms with van der Waals surface area (Å²) in [5.41, 5.74) is -0.202. The highest BCUT2D eigenvalue weighted by atomic mass is 32.1. The maximum Gasteiger partial charge on any atom is 0.416 e. The second-order valence-electron chi connectivity index (χ2n) is 5.93. The van der Waals surface area contributed by atoms with Gasteiger partial charge in [-0.1, -0.05) is 12.1 Å². The van der Waals surface area contributed by atoms with E-state index in [0.29, 0.717) is 17.2 Å². The monoisotopic (exact) mass is 370 g/mol. The lowest BCUT2D eigenvalue weighted by atomic mass is 10.1. The van der Waals surface area contributed by atoms with Gasteiger partial charge in [0.05, 0.1) is 17.7 Å². The molecule has 0 saturated carbocycles. The number of nitrogens with one attached hydrogen (secondary N) is 1. The molecule has 1 aromatic heterocycles. The minimum absolute atomic E-state index is 0.00877. The number of carbonyl (C=O) groups excluding carboxylic acids is 1. The Labute approximate surface area is 147 Å². The van der Waals surface area contributed by atoms with Crippen molar-refractivity contribution in [1.29, 1.82) is 0 Å². The molecule has 0 bridgehead atoms. The smallest absolute Gasteiger partial charge is 0.376 e. The topological polar surface area (TPSA) is 51.2 Å². The Bertz CT molecular complexity index is 754. The first-order chi connectivity index (χ1) is 11.8. The second-order valence-corrected chi connectivity index (χ2v) is 6.79. The molecule has 2 heterocycles. The summed E-state index contributed by atoms with van der Waals surface area (Å²) >= 11 is 1.14. The normalized spacial score (nSPS) is 19.0. The third kappa shape index (κ3) is 4.19. The van der Waals surface area contributed by atoms with Crippen LogP contribution in [0.25, 0.3) is 10.6 Å². The predicted molar refractivity (Wildman–Crippen MR) is 88.5 cm³/mol. The highest BCUT2D eigenvalue weighted by Gasteiger charge is 2.31. The fourth-order valence-electron chi connectivity index (χ4n) is 2.71. The number of nitrogens with zero attached hydrogens (tertiary/aromatic N) is 1. The molecule has 4 nitrogen and oxygen atoms in total. The second kappa shape index (κ2) is 7.13. The summed E-state index contributed by atoms with van der Waals surface area (Å²) in [5.74, 6) is -0.350. The van der Waals surface area contributed by atoms with Crippen molar-refractivity contribution in [2.24, 2.45) is 0 Å². The van der Waals surface area contributed by atoms with E-state index in [-0.39, 0.29) is 23.7 Å². The van der Waals surface area contributed by atoms with E-state index in [1.165, 1.54) is 6.07 Å². The number of aromatic nitrogens is 1. The molecule has 0 aliphatic carbocycles. The fourth-order valence-corrected chi connectivity index (χ4v) is 3.51. The Morgan fingerprint density at radius 1 is 1.44 bits per heavy atom.